The first kappa shape index (κ1) is 25.0. The van der Waals surface area contributed by atoms with E-state index >= 15 is 0 Å². The zero-order chi connectivity index (χ0) is 26.5. The number of fused-ring (bicyclic) bond motifs is 1. The van der Waals surface area contributed by atoms with Crippen molar-refractivity contribution in [2.75, 3.05) is 10.6 Å². The lowest BCUT2D eigenvalue weighted by molar-refractivity contribution is -0.116. The van der Waals surface area contributed by atoms with Gasteiger partial charge in [-0.15, -0.1) is 0 Å². The lowest BCUT2D eigenvalue weighted by Crippen LogP contribution is -2.17. The van der Waals surface area contributed by atoms with E-state index in [1.54, 1.807) is 0 Å². The highest BCUT2D eigenvalue weighted by Gasteiger charge is 2.18. The van der Waals surface area contributed by atoms with Gasteiger partial charge in [-0.05, 0) is 73.4 Å². The number of aromatic nitrogens is 1. The SMILES string of the molecule is Cc1ccc(C)c(Cn2c(C(=O)Nc3ccccc3)cc3cc(NC(=O)CCc4ccccc4)ccc32)c1. The third kappa shape index (κ3) is 5.84. The molecule has 0 saturated heterocycles. The molecule has 2 amide bonds. The molecule has 38 heavy (non-hydrogen) atoms. The third-order valence-electron chi connectivity index (χ3n) is 6.77. The van der Waals surface area contributed by atoms with E-state index in [0.717, 1.165) is 33.4 Å². The summed E-state index contributed by atoms with van der Waals surface area (Å²) in [6, 6.07) is 33.6. The monoisotopic (exact) mass is 501 g/mol. The Labute approximate surface area is 223 Å². The second-order valence-corrected chi connectivity index (χ2v) is 9.67. The Morgan fingerprint density at radius 3 is 2.24 bits per heavy atom. The maximum atomic E-state index is 13.4. The largest absolute Gasteiger partial charge is 0.332 e. The lowest BCUT2D eigenvalue weighted by atomic mass is 10.1. The molecule has 0 atom stereocenters. The molecule has 5 rings (SSSR count). The zero-order valence-electron chi connectivity index (χ0n) is 21.7. The van der Waals surface area contributed by atoms with Crippen molar-refractivity contribution in [2.24, 2.45) is 0 Å². The number of rotatable bonds is 8. The van der Waals surface area contributed by atoms with E-state index in [1.165, 1.54) is 11.1 Å². The number of hydrogen-bond acceptors (Lipinski definition) is 2. The summed E-state index contributed by atoms with van der Waals surface area (Å²) < 4.78 is 2.05. The highest BCUT2D eigenvalue weighted by Crippen LogP contribution is 2.27. The summed E-state index contributed by atoms with van der Waals surface area (Å²) in [7, 11) is 0. The Bertz CT molecular complexity index is 1590. The molecule has 0 bridgehead atoms. The Morgan fingerprint density at radius 2 is 1.47 bits per heavy atom. The number of carbonyl (C=O) groups is 2. The van der Waals surface area contributed by atoms with E-state index in [1.807, 2.05) is 84.9 Å². The van der Waals surface area contributed by atoms with Crippen molar-refractivity contribution in [3.63, 3.8) is 0 Å². The molecule has 0 fully saturated rings. The van der Waals surface area contributed by atoms with Crippen molar-refractivity contribution in [3.05, 3.63) is 131 Å². The Kier molecular flexibility index (Phi) is 7.36. The van der Waals surface area contributed by atoms with Crippen LogP contribution >= 0.6 is 0 Å². The maximum absolute atomic E-state index is 13.4. The molecule has 0 spiro atoms. The molecule has 0 radical (unpaired) electrons. The molecule has 0 unspecified atom stereocenters. The van der Waals surface area contributed by atoms with Gasteiger partial charge in [0.1, 0.15) is 5.69 Å². The zero-order valence-corrected chi connectivity index (χ0v) is 21.7. The number of para-hydroxylation sites is 1. The molecule has 190 valence electrons. The van der Waals surface area contributed by atoms with Gasteiger partial charge in [-0.3, -0.25) is 9.59 Å². The molecule has 4 aromatic carbocycles. The smallest absolute Gasteiger partial charge is 0.272 e. The molecule has 0 aliphatic heterocycles. The van der Waals surface area contributed by atoms with Crippen LogP contribution in [0.1, 0.15) is 39.2 Å². The maximum Gasteiger partial charge on any atom is 0.272 e. The summed E-state index contributed by atoms with van der Waals surface area (Å²) in [5, 5.41) is 6.94. The van der Waals surface area contributed by atoms with Crippen LogP contribution in [0, 0.1) is 13.8 Å². The fraction of sp³-hybridized carbons (Fsp3) is 0.152. The van der Waals surface area contributed by atoms with E-state index in [9.17, 15) is 9.59 Å². The predicted octanol–water partition coefficient (Wildman–Crippen LogP) is 7.13. The van der Waals surface area contributed by atoms with E-state index in [0.29, 0.717) is 25.1 Å². The summed E-state index contributed by atoms with van der Waals surface area (Å²) in [6.45, 7) is 4.73. The van der Waals surface area contributed by atoms with Crippen LogP contribution in [0.15, 0.2) is 103 Å². The van der Waals surface area contributed by atoms with E-state index in [4.69, 9.17) is 0 Å². The number of hydrogen-bond donors (Lipinski definition) is 2. The Morgan fingerprint density at radius 1 is 0.737 bits per heavy atom. The topological polar surface area (TPSA) is 63.1 Å². The van der Waals surface area contributed by atoms with Crippen molar-refractivity contribution >= 4 is 34.1 Å². The van der Waals surface area contributed by atoms with Crippen molar-refractivity contribution in [3.8, 4) is 0 Å². The standard InChI is InChI=1S/C33H31N3O2/c1-23-13-14-24(2)27(19-23)22-36-30-17-16-29(34-32(37)18-15-25-9-5-3-6-10-25)20-26(30)21-31(36)33(38)35-28-11-7-4-8-12-28/h3-14,16-17,19-21H,15,18,22H2,1-2H3,(H,34,37)(H,35,38). The first-order chi connectivity index (χ1) is 18.5. The average molecular weight is 502 g/mol. The van der Waals surface area contributed by atoms with E-state index < -0.39 is 0 Å². The van der Waals surface area contributed by atoms with Gasteiger partial charge < -0.3 is 15.2 Å². The van der Waals surface area contributed by atoms with Crippen molar-refractivity contribution in [1.29, 1.82) is 0 Å². The molecule has 1 aromatic heterocycles. The number of nitrogens with zero attached hydrogens (tertiary/aromatic N) is 1. The number of nitrogens with one attached hydrogen (secondary N) is 2. The minimum atomic E-state index is -0.175. The minimum absolute atomic E-state index is 0.0370. The molecule has 0 aliphatic carbocycles. The normalized spacial score (nSPS) is 10.9. The second kappa shape index (κ2) is 11.2. The van der Waals surface area contributed by atoms with Crippen LogP contribution in [0.2, 0.25) is 0 Å². The van der Waals surface area contributed by atoms with Gasteiger partial charge in [-0.25, -0.2) is 0 Å². The van der Waals surface area contributed by atoms with Crippen LogP contribution in [0.25, 0.3) is 10.9 Å². The van der Waals surface area contributed by atoms with Crippen LogP contribution in [-0.2, 0) is 17.8 Å². The number of anilines is 2. The number of benzene rings is 4. The molecule has 0 saturated carbocycles. The highest BCUT2D eigenvalue weighted by molar-refractivity contribution is 6.07. The average Bonchev–Trinajstić information content (AvgIpc) is 3.28. The first-order valence-electron chi connectivity index (χ1n) is 12.9. The van der Waals surface area contributed by atoms with Gasteiger partial charge in [-0.2, -0.15) is 0 Å². The fourth-order valence-electron chi connectivity index (χ4n) is 4.69. The van der Waals surface area contributed by atoms with Gasteiger partial charge >= 0.3 is 0 Å². The second-order valence-electron chi connectivity index (χ2n) is 9.67. The molecule has 5 heteroatoms. The highest BCUT2D eigenvalue weighted by atomic mass is 16.2. The lowest BCUT2D eigenvalue weighted by Gasteiger charge is -2.14. The predicted molar refractivity (Wildman–Crippen MR) is 155 cm³/mol. The first-order valence-corrected chi connectivity index (χ1v) is 12.9. The van der Waals surface area contributed by atoms with Gasteiger partial charge in [0.2, 0.25) is 5.91 Å². The summed E-state index contributed by atoms with van der Waals surface area (Å²) in [6.07, 6.45) is 1.09. The number of aryl methyl sites for hydroxylation is 3. The third-order valence-corrected chi connectivity index (χ3v) is 6.77. The van der Waals surface area contributed by atoms with E-state index in [-0.39, 0.29) is 11.8 Å². The van der Waals surface area contributed by atoms with Gasteiger partial charge in [-0.1, -0.05) is 72.3 Å². The van der Waals surface area contributed by atoms with Crippen molar-refractivity contribution < 1.29 is 9.59 Å². The van der Waals surface area contributed by atoms with E-state index in [2.05, 4.69) is 47.2 Å². The Balaban J connectivity index is 1.44. The van der Waals surface area contributed by atoms with Gasteiger partial charge in [0.05, 0.1) is 0 Å². The molecule has 0 aliphatic rings. The molecule has 5 aromatic rings. The summed E-state index contributed by atoms with van der Waals surface area (Å²) in [5.41, 5.74) is 7.61. The fourth-order valence-corrected chi connectivity index (χ4v) is 4.69. The van der Waals surface area contributed by atoms with Crippen LogP contribution in [0.3, 0.4) is 0 Å². The summed E-state index contributed by atoms with van der Waals surface area (Å²) in [4.78, 5) is 26.1. The van der Waals surface area contributed by atoms with Crippen LogP contribution in [-0.4, -0.2) is 16.4 Å². The number of carbonyl (C=O) groups excluding carboxylic acids is 2. The van der Waals surface area contributed by atoms with Gasteiger partial charge in [0.15, 0.2) is 0 Å². The van der Waals surface area contributed by atoms with Crippen LogP contribution in [0.4, 0.5) is 11.4 Å². The molecule has 2 N–H and O–H groups in total. The van der Waals surface area contributed by atoms with Gasteiger partial charge in [0.25, 0.3) is 5.91 Å². The number of amides is 2. The minimum Gasteiger partial charge on any atom is -0.332 e. The molecular formula is C33H31N3O2. The van der Waals surface area contributed by atoms with Crippen molar-refractivity contribution in [2.45, 2.75) is 33.2 Å². The summed E-state index contributed by atoms with van der Waals surface area (Å²) >= 11 is 0. The van der Waals surface area contributed by atoms with Crippen LogP contribution in [0.5, 0.6) is 0 Å². The quantitative estimate of drug-likeness (QED) is 0.238. The molecule has 1 heterocycles. The van der Waals surface area contributed by atoms with Gasteiger partial charge in [0, 0.05) is 35.2 Å². The summed E-state index contributed by atoms with van der Waals surface area (Å²) in [5.74, 6) is -0.212. The molecular weight excluding hydrogens is 470 g/mol. The van der Waals surface area contributed by atoms with Crippen LogP contribution < -0.4 is 10.6 Å². The molecule has 5 nitrogen and oxygen atoms in total. The van der Waals surface area contributed by atoms with Crippen molar-refractivity contribution in [1.82, 2.24) is 4.57 Å². The Hall–Kier alpha value is -4.64.